The van der Waals surface area contributed by atoms with E-state index in [4.69, 9.17) is 29.9 Å². The summed E-state index contributed by atoms with van der Waals surface area (Å²) in [4.78, 5) is 20.1. The van der Waals surface area contributed by atoms with Gasteiger partial charge in [0.2, 0.25) is 0 Å². The monoisotopic (exact) mass is 542 g/mol. The van der Waals surface area contributed by atoms with Crippen LogP contribution < -0.4 is 20.3 Å². The lowest BCUT2D eigenvalue weighted by Crippen LogP contribution is -2.51. The van der Waals surface area contributed by atoms with Crippen LogP contribution in [0, 0.1) is 18.3 Å². The fourth-order valence-electron chi connectivity index (χ4n) is 6.53. The number of rotatable bonds is 6. The number of aryl methyl sites for hydroxylation is 1. The molecule has 0 aliphatic carbocycles. The van der Waals surface area contributed by atoms with Gasteiger partial charge >= 0.3 is 0 Å². The molecule has 0 saturated carbocycles. The van der Waals surface area contributed by atoms with Crippen LogP contribution in [0.25, 0.3) is 0 Å². The van der Waals surface area contributed by atoms with Gasteiger partial charge in [-0.3, -0.25) is 0 Å². The van der Waals surface area contributed by atoms with Gasteiger partial charge < -0.3 is 34.9 Å². The van der Waals surface area contributed by atoms with Gasteiger partial charge in [-0.1, -0.05) is 11.8 Å². The smallest absolute Gasteiger partial charge is 0.175 e. The Balaban J connectivity index is 1.21. The third kappa shape index (κ3) is 4.52. The maximum Gasteiger partial charge on any atom is 0.175 e. The number of hydrogen-bond donors (Lipinski definition) is 2. The van der Waals surface area contributed by atoms with E-state index in [1.165, 1.54) is 11.8 Å². The molecule has 6 rings (SSSR count). The molecule has 0 radical (unpaired) electrons. The SMILES string of the molecule is COC[C@H]1C[C@H]2COc3c(Sc4nc(CO)c(N5CCC6(CC5)CO[C@@H](C)[C@H]6N)nc4C)ccnc3N2C1. The minimum Gasteiger partial charge on any atom is -0.486 e. The second-order valence-corrected chi connectivity index (χ2v) is 12.2. The van der Waals surface area contributed by atoms with Gasteiger partial charge in [0.25, 0.3) is 0 Å². The standard InChI is InChI=1S/C27H38N6O4S/c1-16-26(38-21-4-7-29-25-22(21)36-14-19-10-18(13-35-3)11-33(19)25)31-20(12-34)24(30-16)32-8-5-27(6-9-32)15-37-17(2)23(27)28/h4,7,17-19,23,34H,5-6,8-15,28H2,1-3H3/t17-,18-,19-,23+/m0/s1. The second-order valence-electron chi connectivity index (χ2n) is 11.2. The highest BCUT2D eigenvalue weighted by atomic mass is 32.2. The zero-order valence-corrected chi connectivity index (χ0v) is 23.2. The molecule has 0 bridgehead atoms. The van der Waals surface area contributed by atoms with Crippen LogP contribution in [0.1, 0.15) is 37.6 Å². The number of pyridine rings is 1. The Hall–Kier alpha value is -2.18. The average Bonchev–Trinajstić information content (AvgIpc) is 3.47. The quantitative estimate of drug-likeness (QED) is 0.560. The topological polar surface area (TPSA) is 119 Å². The van der Waals surface area contributed by atoms with Crippen molar-refractivity contribution < 1.29 is 19.3 Å². The Bertz CT molecular complexity index is 1180. The van der Waals surface area contributed by atoms with Gasteiger partial charge in [-0.15, -0.1) is 0 Å². The number of aromatic nitrogens is 3. The number of nitrogens with two attached hydrogens (primary N) is 1. The second kappa shape index (κ2) is 10.4. The van der Waals surface area contributed by atoms with Crippen LogP contribution in [0.5, 0.6) is 5.75 Å². The molecule has 3 fully saturated rings. The Morgan fingerprint density at radius 1 is 1.26 bits per heavy atom. The molecule has 1 spiro atoms. The van der Waals surface area contributed by atoms with Crippen molar-refractivity contribution in [1.82, 2.24) is 15.0 Å². The lowest BCUT2D eigenvalue weighted by Gasteiger charge is -2.42. The van der Waals surface area contributed by atoms with Crippen molar-refractivity contribution in [3.63, 3.8) is 0 Å². The summed E-state index contributed by atoms with van der Waals surface area (Å²) >= 11 is 1.52. The van der Waals surface area contributed by atoms with Gasteiger partial charge in [-0.2, -0.15) is 0 Å². The predicted octanol–water partition coefficient (Wildman–Crippen LogP) is 2.39. The highest BCUT2D eigenvalue weighted by molar-refractivity contribution is 7.99. The first-order chi connectivity index (χ1) is 18.4. The summed E-state index contributed by atoms with van der Waals surface area (Å²) in [7, 11) is 1.76. The van der Waals surface area contributed by atoms with E-state index < -0.39 is 0 Å². The summed E-state index contributed by atoms with van der Waals surface area (Å²) in [6.45, 7) is 8.56. The number of methoxy groups -OCH3 is 1. The van der Waals surface area contributed by atoms with Crippen LogP contribution in [0.15, 0.2) is 22.2 Å². The molecule has 0 unspecified atom stereocenters. The molecule has 2 aromatic heterocycles. The summed E-state index contributed by atoms with van der Waals surface area (Å²) < 4.78 is 17.5. The summed E-state index contributed by atoms with van der Waals surface area (Å²) in [5.41, 5.74) is 7.97. The van der Waals surface area contributed by atoms with Crippen LogP contribution in [-0.4, -0.2) is 84.8 Å². The maximum atomic E-state index is 10.2. The predicted molar refractivity (Wildman–Crippen MR) is 145 cm³/mol. The highest BCUT2D eigenvalue weighted by Gasteiger charge is 2.48. The largest absolute Gasteiger partial charge is 0.486 e. The van der Waals surface area contributed by atoms with Crippen LogP contribution in [-0.2, 0) is 16.1 Å². The molecule has 4 atom stereocenters. The first-order valence-electron chi connectivity index (χ1n) is 13.6. The number of anilines is 2. The van der Waals surface area contributed by atoms with Gasteiger partial charge in [-0.25, -0.2) is 15.0 Å². The fourth-order valence-corrected chi connectivity index (χ4v) is 7.46. The first-order valence-corrected chi connectivity index (χ1v) is 14.4. The number of fused-ring (bicyclic) bond motifs is 3. The maximum absolute atomic E-state index is 10.2. The van der Waals surface area contributed by atoms with Crippen LogP contribution in [0.2, 0.25) is 0 Å². The number of ether oxygens (including phenoxy) is 3. The molecule has 11 heteroatoms. The van der Waals surface area contributed by atoms with Gasteiger partial charge in [0.15, 0.2) is 17.4 Å². The van der Waals surface area contributed by atoms with E-state index in [2.05, 4.69) is 21.7 Å². The molecule has 4 aliphatic rings. The molecule has 2 aromatic rings. The van der Waals surface area contributed by atoms with Crippen molar-refractivity contribution in [3.8, 4) is 5.75 Å². The first kappa shape index (κ1) is 26.1. The Kier molecular flexibility index (Phi) is 7.15. The van der Waals surface area contributed by atoms with Crippen molar-refractivity contribution in [2.75, 3.05) is 56.4 Å². The number of nitrogens with zero attached hydrogens (tertiary/aromatic N) is 5. The zero-order valence-electron chi connectivity index (χ0n) is 22.4. The molecule has 0 amide bonds. The van der Waals surface area contributed by atoms with Crippen molar-refractivity contribution in [2.45, 2.75) is 67.8 Å². The van der Waals surface area contributed by atoms with E-state index in [-0.39, 0.29) is 24.2 Å². The summed E-state index contributed by atoms with van der Waals surface area (Å²) in [5, 5.41) is 11.0. The summed E-state index contributed by atoms with van der Waals surface area (Å²) in [6, 6.07) is 2.36. The summed E-state index contributed by atoms with van der Waals surface area (Å²) in [6.07, 6.45) is 4.88. The van der Waals surface area contributed by atoms with E-state index in [1.54, 1.807) is 7.11 Å². The van der Waals surface area contributed by atoms with Crippen LogP contribution in [0.3, 0.4) is 0 Å². The average molecular weight is 543 g/mol. The van der Waals surface area contributed by atoms with Crippen molar-refractivity contribution in [1.29, 1.82) is 0 Å². The third-order valence-corrected chi connectivity index (χ3v) is 9.91. The zero-order chi connectivity index (χ0) is 26.4. The van der Waals surface area contributed by atoms with E-state index in [9.17, 15) is 5.11 Å². The number of aliphatic hydroxyl groups excluding tert-OH is 1. The van der Waals surface area contributed by atoms with Crippen molar-refractivity contribution in [2.24, 2.45) is 17.1 Å². The highest BCUT2D eigenvalue weighted by Crippen LogP contribution is 2.46. The molecule has 38 heavy (non-hydrogen) atoms. The van der Waals surface area contributed by atoms with Gasteiger partial charge in [-0.05, 0) is 39.2 Å². The molecular formula is C27H38N6O4S. The number of piperidine rings is 1. The van der Waals surface area contributed by atoms with Crippen LogP contribution >= 0.6 is 11.8 Å². The van der Waals surface area contributed by atoms with E-state index in [1.807, 2.05) is 19.2 Å². The molecule has 0 aromatic carbocycles. The van der Waals surface area contributed by atoms with E-state index >= 15 is 0 Å². The Labute approximate surface area is 228 Å². The fraction of sp³-hybridized carbons (Fsp3) is 0.667. The minimum atomic E-state index is -0.168. The molecule has 4 aliphatic heterocycles. The molecule has 10 nitrogen and oxygen atoms in total. The number of aliphatic hydroxyl groups is 1. The Morgan fingerprint density at radius 3 is 2.79 bits per heavy atom. The van der Waals surface area contributed by atoms with Crippen molar-refractivity contribution >= 4 is 23.4 Å². The van der Waals surface area contributed by atoms with Crippen LogP contribution in [0.4, 0.5) is 11.6 Å². The van der Waals surface area contributed by atoms with E-state index in [0.717, 1.165) is 85.1 Å². The molecule has 6 heterocycles. The normalized spacial score (nSPS) is 27.9. The summed E-state index contributed by atoms with van der Waals surface area (Å²) in [5.74, 6) is 2.94. The lowest BCUT2D eigenvalue weighted by atomic mass is 9.73. The van der Waals surface area contributed by atoms with E-state index in [0.29, 0.717) is 24.3 Å². The van der Waals surface area contributed by atoms with Gasteiger partial charge in [0, 0.05) is 50.3 Å². The minimum absolute atomic E-state index is 0.0337. The number of hydrogen-bond acceptors (Lipinski definition) is 11. The van der Waals surface area contributed by atoms with Gasteiger partial charge in [0.05, 0.1) is 42.6 Å². The molecule has 3 N–H and O–H groups in total. The van der Waals surface area contributed by atoms with Crippen molar-refractivity contribution in [3.05, 3.63) is 23.7 Å². The molecule has 3 saturated heterocycles. The Morgan fingerprint density at radius 2 is 2.08 bits per heavy atom. The molecular weight excluding hydrogens is 504 g/mol. The lowest BCUT2D eigenvalue weighted by molar-refractivity contribution is 0.0973. The molecule has 206 valence electrons. The van der Waals surface area contributed by atoms with Gasteiger partial charge in [0.1, 0.15) is 17.3 Å². The third-order valence-electron chi connectivity index (χ3n) is 8.78.